The van der Waals surface area contributed by atoms with Crippen molar-refractivity contribution in [3.63, 3.8) is 0 Å². The van der Waals surface area contributed by atoms with Gasteiger partial charge < -0.3 is 14.8 Å². The molecular formula is C19H22ClNO3. The molecule has 2 aromatic carbocycles. The Morgan fingerprint density at radius 2 is 1.79 bits per heavy atom. The summed E-state index contributed by atoms with van der Waals surface area (Å²) in [5.74, 6) is 1.01. The Kier molecular flexibility index (Phi) is 6.94. The van der Waals surface area contributed by atoms with Crippen LogP contribution in [0.4, 0.5) is 0 Å². The molecule has 0 aliphatic heterocycles. The largest absolute Gasteiger partial charge is 0.493 e. The monoisotopic (exact) mass is 347 g/mol. The molecule has 0 aliphatic carbocycles. The second-order valence-corrected chi connectivity index (χ2v) is 5.80. The van der Waals surface area contributed by atoms with E-state index in [4.69, 9.17) is 21.1 Å². The Labute approximate surface area is 147 Å². The summed E-state index contributed by atoms with van der Waals surface area (Å²) in [6.45, 7) is 2.29. The van der Waals surface area contributed by atoms with Crippen molar-refractivity contribution in [1.82, 2.24) is 5.32 Å². The predicted molar refractivity (Wildman–Crippen MR) is 95.9 cm³/mol. The van der Waals surface area contributed by atoms with Gasteiger partial charge in [0.1, 0.15) is 0 Å². The van der Waals surface area contributed by atoms with Gasteiger partial charge in [0, 0.05) is 11.6 Å². The van der Waals surface area contributed by atoms with Crippen LogP contribution in [0.1, 0.15) is 18.9 Å². The number of hydrogen-bond acceptors (Lipinski definition) is 3. The number of carbonyl (C=O) groups is 1. The summed E-state index contributed by atoms with van der Waals surface area (Å²) >= 11 is 6.12. The number of ether oxygens (including phenoxy) is 2. The maximum atomic E-state index is 12.1. The Bertz CT molecular complexity index is 675. The standard InChI is InChI=1S/C19H22ClNO3/c1-14(24-18-12-6-5-11-17(18)23-2)19(22)21-13-7-9-15-8-3-4-10-16(15)20/h3-6,8,10-12,14H,7,9,13H2,1-2H3,(H,21,22)/t14-/m0/s1. The first kappa shape index (κ1) is 18.1. The number of hydrogen-bond donors (Lipinski definition) is 1. The lowest BCUT2D eigenvalue weighted by Crippen LogP contribution is -2.37. The molecule has 0 radical (unpaired) electrons. The van der Waals surface area contributed by atoms with Crippen LogP contribution in [0.5, 0.6) is 11.5 Å². The topological polar surface area (TPSA) is 47.6 Å². The smallest absolute Gasteiger partial charge is 0.260 e. The fourth-order valence-electron chi connectivity index (χ4n) is 2.30. The maximum Gasteiger partial charge on any atom is 0.260 e. The van der Waals surface area contributed by atoms with Gasteiger partial charge in [0.2, 0.25) is 0 Å². The summed E-state index contributed by atoms with van der Waals surface area (Å²) in [5, 5.41) is 3.64. The van der Waals surface area contributed by atoms with Gasteiger partial charge in [0.25, 0.3) is 5.91 Å². The molecule has 1 atom stereocenters. The molecule has 0 unspecified atom stereocenters. The Morgan fingerprint density at radius 1 is 1.12 bits per heavy atom. The summed E-state index contributed by atoms with van der Waals surface area (Å²) in [6.07, 6.45) is 1.04. The second kappa shape index (κ2) is 9.18. The summed E-state index contributed by atoms with van der Waals surface area (Å²) in [5.41, 5.74) is 1.09. The highest BCUT2D eigenvalue weighted by Gasteiger charge is 2.16. The van der Waals surface area contributed by atoms with Crippen LogP contribution < -0.4 is 14.8 Å². The minimum atomic E-state index is -0.596. The van der Waals surface area contributed by atoms with Crippen molar-refractivity contribution in [3.05, 3.63) is 59.1 Å². The lowest BCUT2D eigenvalue weighted by atomic mass is 10.1. The molecule has 1 amide bonds. The van der Waals surface area contributed by atoms with Gasteiger partial charge in [0.05, 0.1) is 7.11 Å². The summed E-state index contributed by atoms with van der Waals surface area (Å²) < 4.78 is 10.9. The third-order valence-electron chi connectivity index (χ3n) is 3.62. The van der Waals surface area contributed by atoms with E-state index in [0.29, 0.717) is 18.0 Å². The summed E-state index contributed by atoms with van der Waals surface area (Å²) in [7, 11) is 1.57. The molecule has 0 fully saturated rings. The molecule has 0 heterocycles. The van der Waals surface area contributed by atoms with Gasteiger partial charge in [0.15, 0.2) is 17.6 Å². The minimum Gasteiger partial charge on any atom is -0.493 e. The summed E-state index contributed by atoms with van der Waals surface area (Å²) in [6, 6.07) is 15.0. The first-order valence-corrected chi connectivity index (χ1v) is 8.30. The lowest BCUT2D eigenvalue weighted by molar-refractivity contribution is -0.127. The molecule has 2 aromatic rings. The molecular weight excluding hydrogens is 326 g/mol. The number of rotatable bonds is 8. The predicted octanol–water partition coefficient (Wildman–Crippen LogP) is 3.86. The van der Waals surface area contributed by atoms with E-state index >= 15 is 0 Å². The molecule has 2 rings (SSSR count). The number of amides is 1. The van der Waals surface area contributed by atoms with E-state index in [1.165, 1.54) is 0 Å². The first-order chi connectivity index (χ1) is 11.6. The van der Waals surface area contributed by atoms with Crippen LogP contribution in [-0.2, 0) is 11.2 Å². The van der Waals surface area contributed by atoms with Crippen molar-refractivity contribution in [2.75, 3.05) is 13.7 Å². The molecule has 0 aliphatic rings. The Balaban J connectivity index is 1.77. The number of aryl methyl sites for hydroxylation is 1. The van der Waals surface area contributed by atoms with Crippen LogP contribution in [0.2, 0.25) is 5.02 Å². The zero-order chi connectivity index (χ0) is 17.4. The molecule has 0 saturated carbocycles. The van der Waals surface area contributed by atoms with Gasteiger partial charge in [-0.1, -0.05) is 41.9 Å². The van der Waals surface area contributed by atoms with Crippen molar-refractivity contribution in [2.24, 2.45) is 0 Å². The average Bonchev–Trinajstić information content (AvgIpc) is 2.60. The van der Waals surface area contributed by atoms with E-state index in [9.17, 15) is 4.79 Å². The minimum absolute atomic E-state index is 0.153. The third kappa shape index (κ3) is 5.17. The molecule has 4 nitrogen and oxygen atoms in total. The highest BCUT2D eigenvalue weighted by atomic mass is 35.5. The van der Waals surface area contributed by atoms with Crippen LogP contribution in [0.25, 0.3) is 0 Å². The molecule has 0 spiro atoms. The van der Waals surface area contributed by atoms with Gasteiger partial charge in [-0.3, -0.25) is 4.79 Å². The highest BCUT2D eigenvalue weighted by molar-refractivity contribution is 6.31. The second-order valence-electron chi connectivity index (χ2n) is 5.40. The molecule has 24 heavy (non-hydrogen) atoms. The fraction of sp³-hybridized carbons (Fsp3) is 0.316. The van der Waals surface area contributed by atoms with Crippen molar-refractivity contribution in [1.29, 1.82) is 0 Å². The third-order valence-corrected chi connectivity index (χ3v) is 3.99. The number of methoxy groups -OCH3 is 1. The zero-order valence-electron chi connectivity index (χ0n) is 13.9. The van der Waals surface area contributed by atoms with Crippen molar-refractivity contribution >= 4 is 17.5 Å². The number of carbonyl (C=O) groups excluding carboxylic acids is 1. The zero-order valence-corrected chi connectivity index (χ0v) is 14.7. The van der Waals surface area contributed by atoms with Crippen LogP contribution in [0.3, 0.4) is 0 Å². The molecule has 1 N–H and O–H groups in total. The maximum absolute atomic E-state index is 12.1. The van der Waals surface area contributed by atoms with E-state index in [0.717, 1.165) is 23.4 Å². The van der Waals surface area contributed by atoms with Crippen LogP contribution >= 0.6 is 11.6 Å². The fourth-order valence-corrected chi connectivity index (χ4v) is 2.53. The Morgan fingerprint density at radius 3 is 2.50 bits per heavy atom. The van der Waals surface area contributed by atoms with E-state index in [1.54, 1.807) is 26.2 Å². The summed E-state index contributed by atoms with van der Waals surface area (Å²) in [4.78, 5) is 12.1. The van der Waals surface area contributed by atoms with Gasteiger partial charge >= 0.3 is 0 Å². The van der Waals surface area contributed by atoms with E-state index in [-0.39, 0.29) is 5.91 Å². The van der Waals surface area contributed by atoms with Gasteiger partial charge in [-0.15, -0.1) is 0 Å². The normalized spacial score (nSPS) is 11.6. The van der Waals surface area contributed by atoms with Crippen LogP contribution in [-0.4, -0.2) is 25.7 Å². The SMILES string of the molecule is COc1ccccc1O[C@@H](C)C(=O)NCCCc1ccccc1Cl. The Hall–Kier alpha value is -2.20. The average molecular weight is 348 g/mol. The number of halogens is 1. The molecule has 0 bridgehead atoms. The van der Waals surface area contributed by atoms with Crippen molar-refractivity contribution in [3.8, 4) is 11.5 Å². The molecule has 128 valence electrons. The molecule has 0 aromatic heterocycles. The van der Waals surface area contributed by atoms with Gasteiger partial charge in [-0.25, -0.2) is 0 Å². The van der Waals surface area contributed by atoms with E-state index < -0.39 is 6.10 Å². The van der Waals surface area contributed by atoms with Crippen molar-refractivity contribution < 1.29 is 14.3 Å². The van der Waals surface area contributed by atoms with Crippen LogP contribution in [0, 0.1) is 0 Å². The van der Waals surface area contributed by atoms with Gasteiger partial charge in [-0.2, -0.15) is 0 Å². The van der Waals surface area contributed by atoms with E-state index in [1.807, 2.05) is 36.4 Å². The van der Waals surface area contributed by atoms with Crippen molar-refractivity contribution in [2.45, 2.75) is 25.9 Å². The lowest BCUT2D eigenvalue weighted by Gasteiger charge is -2.16. The number of nitrogens with one attached hydrogen (secondary N) is 1. The first-order valence-electron chi connectivity index (χ1n) is 7.92. The highest BCUT2D eigenvalue weighted by Crippen LogP contribution is 2.26. The van der Waals surface area contributed by atoms with Crippen LogP contribution in [0.15, 0.2) is 48.5 Å². The van der Waals surface area contributed by atoms with Gasteiger partial charge in [-0.05, 0) is 43.5 Å². The molecule has 0 saturated heterocycles. The van der Waals surface area contributed by atoms with E-state index in [2.05, 4.69) is 5.32 Å². The quantitative estimate of drug-likeness (QED) is 0.737. The number of benzene rings is 2. The molecule has 5 heteroatoms. The number of para-hydroxylation sites is 2.